The summed E-state index contributed by atoms with van der Waals surface area (Å²) in [6.07, 6.45) is 5.13. The first-order valence-electron chi connectivity index (χ1n) is 4.21. The van der Waals surface area contributed by atoms with Gasteiger partial charge in [-0.25, -0.2) is 4.79 Å². The number of aliphatic carboxylic acids is 1. The quantitative estimate of drug-likeness (QED) is 0.638. The van der Waals surface area contributed by atoms with E-state index in [4.69, 9.17) is 9.84 Å². The Morgan fingerprint density at radius 2 is 2.42 bits per heavy atom. The van der Waals surface area contributed by atoms with E-state index in [1.54, 1.807) is 6.08 Å². The maximum Gasteiger partial charge on any atom is 0.327 e. The molecule has 2 atom stereocenters. The lowest BCUT2D eigenvalue weighted by Gasteiger charge is -2.24. The molecular weight excluding hydrogens is 156 g/mol. The molecule has 1 heterocycles. The Morgan fingerprint density at radius 3 is 3.00 bits per heavy atom. The second-order valence-electron chi connectivity index (χ2n) is 3.16. The van der Waals surface area contributed by atoms with Gasteiger partial charge in [0.05, 0.1) is 6.10 Å². The van der Waals surface area contributed by atoms with Crippen molar-refractivity contribution in [2.24, 2.45) is 5.92 Å². The summed E-state index contributed by atoms with van der Waals surface area (Å²) < 4.78 is 5.33. The Bertz CT molecular complexity index is 186. The number of allylic oxidation sites excluding steroid dienone is 1. The van der Waals surface area contributed by atoms with Gasteiger partial charge in [-0.05, 0) is 25.7 Å². The van der Waals surface area contributed by atoms with Crippen LogP contribution >= 0.6 is 0 Å². The Morgan fingerprint density at radius 1 is 1.67 bits per heavy atom. The summed E-state index contributed by atoms with van der Waals surface area (Å²) in [7, 11) is 0. The highest BCUT2D eigenvalue weighted by Crippen LogP contribution is 2.20. The first-order chi connectivity index (χ1) is 5.68. The molecule has 0 bridgehead atoms. The average Bonchev–Trinajstić information content (AvgIpc) is 2.01. The lowest BCUT2D eigenvalue weighted by atomic mass is 9.96. The number of carboxylic acids is 1. The molecule has 0 spiro atoms. The third-order valence-electron chi connectivity index (χ3n) is 2.04. The van der Waals surface area contributed by atoms with E-state index >= 15 is 0 Å². The maximum absolute atomic E-state index is 10.2. The van der Waals surface area contributed by atoms with Gasteiger partial charge in [0.2, 0.25) is 0 Å². The molecule has 3 nitrogen and oxygen atoms in total. The van der Waals surface area contributed by atoms with E-state index in [-0.39, 0.29) is 6.10 Å². The van der Waals surface area contributed by atoms with Gasteiger partial charge in [-0.3, -0.25) is 0 Å². The second kappa shape index (κ2) is 4.26. The van der Waals surface area contributed by atoms with Crippen LogP contribution in [0.25, 0.3) is 0 Å². The molecule has 1 saturated heterocycles. The molecule has 1 rings (SSSR count). The third kappa shape index (κ3) is 3.05. The van der Waals surface area contributed by atoms with E-state index in [0.29, 0.717) is 5.92 Å². The van der Waals surface area contributed by atoms with Crippen LogP contribution in [0.4, 0.5) is 0 Å². The van der Waals surface area contributed by atoms with Gasteiger partial charge >= 0.3 is 5.97 Å². The molecule has 1 aliphatic rings. The number of rotatable bonds is 2. The molecule has 3 heteroatoms. The SMILES string of the molecule is CC1CC(/C=C/C(=O)O)CCO1. The van der Waals surface area contributed by atoms with Gasteiger partial charge in [0.15, 0.2) is 0 Å². The minimum Gasteiger partial charge on any atom is -0.478 e. The Balaban J connectivity index is 2.36. The molecule has 0 amide bonds. The van der Waals surface area contributed by atoms with Crippen LogP contribution in [-0.4, -0.2) is 23.8 Å². The van der Waals surface area contributed by atoms with Crippen LogP contribution in [0.3, 0.4) is 0 Å². The van der Waals surface area contributed by atoms with Crippen molar-refractivity contribution in [2.45, 2.75) is 25.9 Å². The highest BCUT2D eigenvalue weighted by Gasteiger charge is 2.16. The van der Waals surface area contributed by atoms with E-state index in [1.807, 2.05) is 6.92 Å². The van der Waals surface area contributed by atoms with E-state index in [9.17, 15) is 4.79 Å². The molecule has 0 radical (unpaired) electrons. The van der Waals surface area contributed by atoms with Crippen LogP contribution in [0.2, 0.25) is 0 Å². The predicted octanol–water partition coefficient (Wildman–Crippen LogP) is 1.44. The summed E-state index contributed by atoms with van der Waals surface area (Å²) in [4.78, 5) is 10.2. The summed E-state index contributed by atoms with van der Waals surface area (Å²) in [6.45, 7) is 2.76. The summed E-state index contributed by atoms with van der Waals surface area (Å²) in [5, 5.41) is 8.39. The Hall–Kier alpha value is -0.830. The monoisotopic (exact) mass is 170 g/mol. The summed E-state index contributed by atoms with van der Waals surface area (Å²) in [6, 6.07) is 0. The zero-order chi connectivity index (χ0) is 8.97. The standard InChI is InChI=1S/C9H14O3/c1-7-6-8(4-5-12-7)2-3-9(10)11/h2-3,7-8H,4-6H2,1H3,(H,10,11)/b3-2+. The first kappa shape index (κ1) is 9.26. The molecule has 1 aliphatic heterocycles. The van der Waals surface area contributed by atoms with Gasteiger partial charge < -0.3 is 9.84 Å². The molecule has 0 aromatic rings. The molecule has 0 saturated carbocycles. The van der Waals surface area contributed by atoms with Crippen molar-refractivity contribution in [3.8, 4) is 0 Å². The average molecular weight is 170 g/mol. The van der Waals surface area contributed by atoms with Crippen molar-refractivity contribution in [3.05, 3.63) is 12.2 Å². The van der Waals surface area contributed by atoms with Crippen LogP contribution < -0.4 is 0 Å². The van der Waals surface area contributed by atoms with Crippen LogP contribution in [0.5, 0.6) is 0 Å². The zero-order valence-electron chi connectivity index (χ0n) is 7.19. The van der Waals surface area contributed by atoms with Crippen LogP contribution in [0.15, 0.2) is 12.2 Å². The number of carbonyl (C=O) groups is 1. The fourth-order valence-corrected chi connectivity index (χ4v) is 1.43. The minimum absolute atomic E-state index is 0.266. The highest BCUT2D eigenvalue weighted by molar-refractivity contribution is 5.79. The van der Waals surface area contributed by atoms with Crippen molar-refractivity contribution in [2.75, 3.05) is 6.61 Å². The van der Waals surface area contributed by atoms with Crippen LogP contribution in [0.1, 0.15) is 19.8 Å². The normalized spacial score (nSPS) is 30.8. The number of hydrogen-bond acceptors (Lipinski definition) is 2. The Kier molecular flexibility index (Phi) is 3.29. The first-order valence-corrected chi connectivity index (χ1v) is 4.21. The molecule has 2 unspecified atom stereocenters. The lowest BCUT2D eigenvalue weighted by Crippen LogP contribution is -2.21. The van der Waals surface area contributed by atoms with Gasteiger partial charge in [-0.2, -0.15) is 0 Å². The summed E-state index contributed by atoms with van der Waals surface area (Å²) >= 11 is 0. The fraction of sp³-hybridized carbons (Fsp3) is 0.667. The smallest absolute Gasteiger partial charge is 0.327 e. The second-order valence-corrected chi connectivity index (χ2v) is 3.16. The minimum atomic E-state index is -0.867. The Labute approximate surface area is 72.0 Å². The zero-order valence-corrected chi connectivity index (χ0v) is 7.19. The van der Waals surface area contributed by atoms with E-state index in [1.165, 1.54) is 6.08 Å². The van der Waals surface area contributed by atoms with Gasteiger partial charge in [0, 0.05) is 12.7 Å². The topological polar surface area (TPSA) is 46.5 Å². The maximum atomic E-state index is 10.2. The number of carboxylic acid groups (broad SMARTS) is 1. The summed E-state index contributed by atoms with van der Waals surface area (Å²) in [5.41, 5.74) is 0. The van der Waals surface area contributed by atoms with Gasteiger partial charge in [0.25, 0.3) is 0 Å². The number of ether oxygens (including phenoxy) is 1. The molecule has 0 aromatic heterocycles. The molecule has 0 aromatic carbocycles. The van der Waals surface area contributed by atoms with Crippen molar-refractivity contribution < 1.29 is 14.6 Å². The van der Waals surface area contributed by atoms with Crippen molar-refractivity contribution in [1.29, 1.82) is 0 Å². The summed E-state index contributed by atoms with van der Waals surface area (Å²) in [5.74, 6) is -0.487. The molecule has 68 valence electrons. The largest absolute Gasteiger partial charge is 0.478 e. The van der Waals surface area contributed by atoms with E-state index in [2.05, 4.69) is 0 Å². The highest BCUT2D eigenvalue weighted by atomic mass is 16.5. The van der Waals surface area contributed by atoms with Crippen molar-refractivity contribution >= 4 is 5.97 Å². The van der Waals surface area contributed by atoms with E-state index < -0.39 is 5.97 Å². The molecule has 1 fully saturated rings. The molecule has 0 aliphatic carbocycles. The van der Waals surface area contributed by atoms with Gasteiger partial charge in [-0.1, -0.05) is 6.08 Å². The van der Waals surface area contributed by atoms with Crippen LogP contribution in [-0.2, 0) is 9.53 Å². The predicted molar refractivity (Wildman–Crippen MR) is 44.9 cm³/mol. The van der Waals surface area contributed by atoms with E-state index in [0.717, 1.165) is 19.4 Å². The number of hydrogen-bond donors (Lipinski definition) is 1. The fourth-order valence-electron chi connectivity index (χ4n) is 1.43. The lowest BCUT2D eigenvalue weighted by molar-refractivity contribution is -0.131. The molecule has 1 N–H and O–H groups in total. The molecular formula is C9H14O3. The van der Waals surface area contributed by atoms with Gasteiger partial charge in [-0.15, -0.1) is 0 Å². The van der Waals surface area contributed by atoms with Crippen molar-refractivity contribution in [1.82, 2.24) is 0 Å². The van der Waals surface area contributed by atoms with Crippen molar-refractivity contribution in [3.63, 3.8) is 0 Å². The third-order valence-corrected chi connectivity index (χ3v) is 2.04. The van der Waals surface area contributed by atoms with Gasteiger partial charge in [0.1, 0.15) is 0 Å². The molecule has 12 heavy (non-hydrogen) atoms. The van der Waals surface area contributed by atoms with Crippen LogP contribution in [0, 0.1) is 5.92 Å².